The molecule has 228 valence electrons. The molecule has 0 aliphatic heterocycles. The summed E-state index contributed by atoms with van der Waals surface area (Å²) < 4.78 is 13.4. The lowest BCUT2D eigenvalue weighted by Crippen LogP contribution is -2.38. The molecule has 1 heterocycles. The SMILES string of the molecule is CCOC(=O)c1ccc2c(c(/C=C/c3ccc(C(C)=O)cc3)nn2C(c2ccccc2)(c2ccccc2)c2ccccc2)c1OC. The van der Waals surface area contributed by atoms with Crippen LogP contribution in [0.25, 0.3) is 23.1 Å². The fourth-order valence-electron chi connectivity index (χ4n) is 6.07. The number of benzene rings is 5. The summed E-state index contributed by atoms with van der Waals surface area (Å²) in [5.74, 6) is -0.0726. The molecule has 1 aromatic heterocycles. The minimum Gasteiger partial charge on any atom is -0.495 e. The Kier molecular flexibility index (Phi) is 8.61. The van der Waals surface area contributed by atoms with Crippen molar-refractivity contribution in [2.75, 3.05) is 13.7 Å². The van der Waals surface area contributed by atoms with Gasteiger partial charge in [-0.3, -0.25) is 4.79 Å². The average Bonchev–Trinajstić information content (AvgIpc) is 3.48. The largest absolute Gasteiger partial charge is 0.495 e. The lowest BCUT2D eigenvalue weighted by molar-refractivity contribution is 0.0523. The molecule has 6 aromatic rings. The van der Waals surface area contributed by atoms with Crippen LogP contribution >= 0.6 is 0 Å². The van der Waals surface area contributed by atoms with Gasteiger partial charge in [-0.1, -0.05) is 121 Å². The third kappa shape index (κ3) is 5.39. The lowest BCUT2D eigenvalue weighted by Gasteiger charge is -2.37. The molecule has 0 aliphatic carbocycles. The molecule has 0 bridgehead atoms. The summed E-state index contributed by atoms with van der Waals surface area (Å²) in [6.45, 7) is 3.57. The van der Waals surface area contributed by atoms with Crippen LogP contribution in [0.15, 0.2) is 127 Å². The van der Waals surface area contributed by atoms with Gasteiger partial charge in [0.05, 0.1) is 30.3 Å². The Morgan fingerprint density at radius 1 is 0.739 bits per heavy atom. The third-order valence-corrected chi connectivity index (χ3v) is 8.17. The first-order chi connectivity index (χ1) is 22.5. The number of nitrogens with zero attached hydrogens (tertiary/aromatic N) is 2. The molecule has 5 aromatic carbocycles. The van der Waals surface area contributed by atoms with Crippen LogP contribution in [0.3, 0.4) is 0 Å². The summed E-state index contributed by atoms with van der Waals surface area (Å²) in [7, 11) is 1.56. The minimum atomic E-state index is -0.895. The van der Waals surface area contributed by atoms with Crippen molar-refractivity contribution in [1.82, 2.24) is 9.78 Å². The van der Waals surface area contributed by atoms with Crippen molar-refractivity contribution in [1.29, 1.82) is 0 Å². The summed E-state index contributed by atoms with van der Waals surface area (Å²) in [5, 5.41) is 6.03. The van der Waals surface area contributed by atoms with E-state index in [-0.39, 0.29) is 12.4 Å². The molecule has 0 amide bonds. The monoisotopic (exact) mass is 606 g/mol. The van der Waals surface area contributed by atoms with Gasteiger partial charge in [0.1, 0.15) is 16.9 Å². The number of esters is 1. The van der Waals surface area contributed by atoms with E-state index in [1.54, 1.807) is 27.0 Å². The first kappa shape index (κ1) is 30.3. The highest BCUT2D eigenvalue weighted by molar-refractivity contribution is 6.04. The zero-order chi connectivity index (χ0) is 32.1. The number of carbonyl (C=O) groups is 2. The van der Waals surface area contributed by atoms with Crippen LogP contribution in [0, 0.1) is 0 Å². The second-order valence-corrected chi connectivity index (χ2v) is 10.9. The Morgan fingerprint density at radius 2 is 1.28 bits per heavy atom. The molecule has 0 radical (unpaired) electrons. The normalized spacial score (nSPS) is 11.5. The van der Waals surface area contributed by atoms with Crippen LogP contribution in [-0.2, 0) is 10.3 Å². The molecular weight excluding hydrogens is 572 g/mol. The summed E-state index contributed by atoms with van der Waals surface area (Å²) in [6, 6.07) is 42.0. The summed E-state index contributed by atoms with van der Waals surface area (Å²) in [4.78, 5) is 25.0. The number of hydrogen-bond donors (Lipinski definition) is 0. The van der Waals surface area contributed by atoms with Gasteiger partial charge in [0, 0.05) is 5.56 Å². The Bertz CT molecular complexity index is 1920. The molecule has 0 spiro atoms. The molecule has 0 saturated heterocycles. The van der Waals surface area contributed by atoms with E-state index in [1.165, 1.54) is 0 Å². The van der Waals surface area contributed by atoms with Gasteiger partial charge >= 0.3 is 5.97 Å². The van der Waals surface area contributed by atoms with Crippen LogP contribution in [0.4, 0.5) is 0 Å². The highest BCUT2D eigenvalue weighted by Crippen LogP contribution is 2.45. The zero-order valence-electron chi connectivity index (χ0n) is 26.0. The van der Waals surface area contributed by atoms with E-state index in [0.29, 0.717) is 28.0 Å². The molecule has 0 fully saturated rings. The van der Waals surface area contributed by atoms with Gasteiger partial charge in [0.2, 0.25) is 0 Å². The topological polar surface area (TPSA) is 70.4 Å². The maximum Gasteiger partial charge on any atom is 0.341 e. The maximum absolute atomic E-state index is 13.1. The van der Waals surface area contributed by atoms with Crippen molar-refractivity contribution in [2.45, 2.75) is 19.4 Å². The van der Waals surface area contributed by atoms with Crippen molar-refractivity contribution in [3.8, 4) is 5.75 Å². The first-order valence-electron chi connectivity index (χ1n) is 15.2. The predicted octanol–water partition coefficient (Wildman–Crippen LogP) is 8.43. The Labute approximate surface area is 268 Å². The van der Waals surface area contributed by atoms with Crippen molar-refractivity contribution in [3.63, 3.8) is 0 Å². The van der Waals surface area contributed by atoms with Crippen molar-refractivity contribution in [2.24, 2.45) is 0 Å². The number of Topliss-reactive ketones (excluding diaryl/α,β-unsaturated/α-hetero) is 1. The van der Waals surface area contributed by atoms with Crippen LogP contribution in [0.5, 0.6) is 5.75 Å². The quantitative estimate of drug-likeness (QED) is 0.0889. The smallest absolute Gasteiger partial charge is 0.341 e. The highest BCUT2D eigenvalue weighted by atomic mass is 16.5. The molecule has 0 saturated carbocycles. The van der Waals surface area contributed by atoms with Gasteiger partial charge in [-0.15, -0.1) is 0 Å². The third-order valence-electron chi connectivity index (χ3n) is 8.17. The summed E-state index contributed by atoms with van der Waals surface area (Å²) in [5.41, 5.74) is 5.39. The molecule has 6 heteroatoms. The fraction of sp³-hybridized carbons (Fsp3) is 0.125. The molecular formula is C40H34N2O4. The Hall–Kier alpha value is -5.75. The number of hydrogen-bond acceptors (Lipinski definition) is 5. The second-order valence-electron chi connectivity index (χ2n) is 10.9. The van der Waals surface area contributed by atoms with E-state index in [9.17, 15) is 9.59 Å². The van der Waals surface area contributed by atoms with Crippen molar-refractivity contribution >= 4 is 34.8 Å². The van der Waals surface area contributed by atoms with Crippen molar-refractivity contribution < 1.29 is 19.1 Å². The molecule has 0 unspecified atom stereocenters. The van der Waals surface area contributed by atoms with Crippen LogP contribution in [-0.4, -0.2) is 35.2 Å². The van der Waals surface area contributed by atoms with E-state index in [2.05, 4.69) is 36.4 Å². The molecule has 46 heavy (non-hydrogen) atoms. The van der Waals surface area contributed by atoms with Gasteiger partial charge < -0.3 is 9.47 Å². The van der Waals surface area contributed by atoms with Crippen LogP contribution in [0.2, 0.25) is 0 Å². The molecule has 0 atom stereocenters. The van der Waals surface area contributed by atoms with Crippen molar-refractivity contribution in [3.05, 3.63) is 166 Å². The van der Waals surface area contributed by atoms with Gasteiger partial charge in [-0.25, -0.2) is 9.48 Å². The standard InChI is InChI=1S/C40H34N2O4/c1-4-46-39(44)34-25-27-36-37(38(34)45-3)35(26-22-29-20-23-30(24-21-29)28(2)43)41-42(36)40(31-14-8-5-9-15-31,32-16-10-6-11-17-32)33-18-12-7-13-19-33/h5-27H,4H2,1-3H3/b26-22+. The van der Waals surface area contributed by atoms with E-state index in [4.69, 9.17) is 14.6 Å². The van der Waals surface area contributed by atoms with Gasteiger partial charge in [-0.05, 0) is 54.3 Å². The predicted molar refractivity (Wildman–Crippen MR) is 182 cm³/mol. The summed E-state index contributed by atoms with van der Waals surface area (Å²) >= 11 is 0. The number of aromatic nitrogens is 2. The Morgan fingerprint density at radius 3 is 1.76 bits per heavy atom. The number of methoxy groups -OCH3 is 1. The van der Waals surface area contributed by atoms with Gasteiger partial charge in [-0.2, -0.15) is 5.10 Å². The van der Waals surface area contributed by atoms with Crippen LogP contribution in [0.1, 0.15) is 62.5 Å². The number of fused-ring (bicyclic) bond motifs is 1. The number of rotatable bonds is 10. The van der Waals surface area contributed by atoms with Gasteiger partial charge in [0.15, 0.2) is 5.78 Å². The number of ether oxygens (including phenoxy) is 2. The number of carbonyl (C=O) groups excluding carboxylic acids is 2. The van der Waals surface area contributed by atoms with E-state index in [1.807, 2.05) is 102 Å². The molecule has 6 nitrogen and oxygen atoms in total. The second kappa shape index (κ2) is 13.1. The average molecular weight is 607 g/mol. The Balaban J connectivity index is 1.71. The molecule has 0 N–H and O–H groups in total. The lowest BCUT2D eigenvalue weighted by atomic mass is 9.77. The van der Waals surface area contributed by atoms with E-state index >= 15 is 0 Å². The number of ketones is 1. The summed E-state index contributed by atoms with van der Waals surface area (Å²) in [6.07, 6.45) is 3.87. The minimum absolute atomic E-state index is 0.00979. The van der Waals surface area contributed by atoms with E-state index < -0.39 is 11.5 Å². The fourth-order valence-corrected chi connectivity index (χ4v) is 6.07. The molecule has 6 rings (SSSR count). The first-order valence-corrected chi connectivity index (χ1v) is 15.2. The van der Waals surface area contributed by atoms with E-state index in [0.717, 1.165) is 27.8 Å². The van der Waals surface area contributed by atoms with Gasteiger partial charge in [0.25, 0.3) is 0 Å². The maximum atomic E-state index is 13.1. The molecule has 0 aliphatic rings. The zero-order valence-corrected chi connectivity index (χ0v) is 26.0. The van der Waals surface area contributed by atoms with Crippen LogP contribution < -0.4 is 4.74 Å². The highest BCUT2D eigenvalue weighted by Gasteiger charge is 2.41.